The van der Waals surface area contributed by atoms with Crippen LogP contribution in [0.1, 0.15) is 65.7 Å². The molecule has 0 unspecified atom stereocenters. The van der Waals surface area contributed by atoms with Crippen LogP contribution in [0.2, 0.25) is 0 Å². The first-order valence-electron chi connectivity index (χ1n) is 11.5. The molecular weight excluding hydrogens is 332 g/mol. The highest BCUT2D eigenvalue weighted by Crippen LogP contribution is 2.70. The summed E-state index contributed by atoms with van der Waals surface area (Å²) < 4.78 is 12.9. The minimum atomic E-state index is -0.304. The molecule has 5 aliphatic rings. The molecule has 1 saturated heterocycles. The van der Waals surface area contributed by atoms with E-state index in [1.165, 1.54) is 32.1 Å². The van der Waals surface area contributed by atoms with Crippen molar-refractivity contribution in [3.05, 3.63) is 24.8 Å². The third kappa shape index (κ3) is 2.38. The Labute approximate surface area is 165 Å². The first-order valence-corrected chi connectivity index (χ1v) is 11.5. The van der Waals surface area contributed by atoms with Crippen molar-refractivity contribution in [2.45, 2.75) is 71.5 Å². The van der Waals surface area contributed by atoms with E-state index < -0.39 is 0 Å². The molecule has 3 saturated carbocycles. The van der Waals surface area contributed by atoms with Gasteiger partial charge < -0.3 is 9.47 Å². The van der Waals surface area contributed by atoms with Gasteiger partial charge in [-0.15, -0.1) is 6.58 Å². The molecule has 0 bridgehead atoms. The van der Waals surface area contributed by atoms with Crippen LogP contribution in [0.5, 0.6) is 0 Å². The maximum Gasteiger partial charge on any atom is 0.172 e. The Morgan fingerprint density at radius 3 is 2.52 bits per heavy atom. The van der Waals surface area contributed by atoms with Gasteiger partial charge in [0.05, 0.1) is 13.2 Å². The Morgan fingerprint density at radius 1 is 1.04 bits per heavy atom. The first kappa shape index (κ1) is 18.4. The van der Waals surface area contributed by atoms with Crippen molar-refractivity contribution in [1.29, 1.82) is 0 Å². The van der Waals surface area contributed by atoms with E-state index in [9.17, 15) is 0 Å². The second kappa shape index (κ2) is 6.20. The number of allylic oxidation sites excluding steroid dienone is 3. The van der Waals surface area contributed by atoms with Crippen LogP contribution < -0.4 is 0 Å². The summed E-state index contributed by atoms with van der Waals surface area (Å²) in [5.74, 6) is 4.09. The lowest BCUT2D eigenvalue weighted by Crippen LogP contribution is -2.62. The topological polar surface area (TPSA) is 18.5 Å². The maximum atomic E-state index is 6.47. The second-order valence-corrected chi connectivity index (χ2v) is 10.9. The van der Waals surface area contributed by atoms with E-state index in [4.69, 9.17) is 9.47 Å². The van der Waals surface area contributed by atoms with Crippen molar-refractivity contribution in [3.63, 3.8) is 0 Å². The SMILES string of the molecule is C=C[C@@H](C)[C@H]1CC[C@H]2[C@@H]3CC4(OCCO4)[C@H]4CC=CC[C@]4(C)[C@H]3CC[C@]12C. The molecule has 8 atom stereocenters. The van der Waals surface area contributed by atoms with E-state index in [0.717, 1.165) is 49.7 Å². The molecule has 2 heteroatoms. The Kier molecular flexibility index (Phi) is 4.23. The van der Waals surface area contributed by atoms with Crippen molar-refractivity contribution in [2.75, 3.05) is 13.2 Å². The van der Waals surface area contributed by atoms with Crippen LogP contribution in [-0.2, 0) is 9.47 Å². The average molecular weight is 371 g/mol. The van der Waals surface area contributed by atoms with Gasteiger partial charge in [-0.3, -0.25) is 0 Å². The Balaban J connectivity index is 1.53. The summed E-state index contributed by atoms with van der Waals surface area (Å²) in [7, 11) is 0. The number of hydrogen-bond donors (Lipinski definition) is 0. The molecule has 0 radical (unpaired) electrons. The molecule has 0 aromatic heterocycles. The van der Waals surface area contributed by atoms with E-state index in [2.05, 4.69) is 45.6 Å². The molecule has 1 aliphatic heterocycles. The average Bonchev–Trinajstić information content (AvgIpc) is 3.26. The summed E-state index contributed by atoms with van der Waals surface area (Å²) in [5.41, 5.74) is 0.813. The number of hydrogen-bond acceptors (Lipinski definition) is 2. The summed E-state index contributed by atoms with van der Waals surface area (Å²) in [6.07, 6.45) is 16.1. The van der Waals surface area contributed by atoms with E-state index >= 15 is 0 Å². The Morgan fingerprint density at radius 2 is 1.78 bits per heavy atom. The first-order chi connectivity index (χ1) is 12.9. The molecule has 1 spiro atoms. The van der Waals surface area contributed by atoms with Crippen LogP contribution in [0.25, 0.3) is 0 Å². The predicted octanol–water partition coefficient (Wildman–Crippen LogP) is 5.99. The van der Waals surface area contributed by atoms with E-state index in [1.807, 2.05) is 0 Å². The molecule has 150 valence electrons. The van der Waals surface area contributed by atoms with Gasteiger partial charge in [0, 0.05) is 12.3 Å². The minimum Gasteiger partial charge on any atom is -0.347 e. The Bertz CT molecular complexity index is 632. The van der Waals surface area contributed by atoms with Crippen LogP contribution >= 0.6 is 0 Å². The standard InChI is InChI=1S/C25H38O2/c1-5-17(2)19-9-10-20-18-16-25(26-14-15-27-25)22-8-6-7-12-24(22,4)21(18)11-13-23(19,20)3/h5-7,17-22H,1,8-16H2,2-4H3/t17-,18+,19-,20+,21+,22+,23-,24-/m1/s1. The third-order valence-electron chi connectivity index (χ3n) is 10.1. The van der Waals surface area contributed by atoms with Gasteiger partial charge >= 0.3 is 0 Å². The van der Waals surface area contributed by atoms with Crippen molar-refractivity contribution >= 4 is 0 Å². The van der Waals surface area contributed by atoms with Gasteiger partial charge in [0.1, 0.15) is 0 Å². The fourth-order valence-electron chi connectivity index (χ4n) is 8.79. The highest BCUT2D eigenvalue weighted by atomic mass is 16.7. The molecule has 0 aromatic carbocycles. The van der Waals surface area contributed by atoms with Crippen LogP contribution in [-0.4, -0.2) is 19.0 Å². The quantitative estimate of drug-likeness (QED) is 0.556. The van der Waals surface area contributed by atoms with Crippen molar-refractivity contribution in [2.24, 2.45) is 46.3 Å². The maximum absolute atomic E-state index is 6.47. The molecule has 4 fully saturated rings. The second-order valence-electron chi connectivity index (χ2n) is 10.9. The molecule has 1 heterocycles. The summed E-state index contributed by atoms with van der Waals surface area (Å²) >= 11 is 0. The van der Waals surface area contributed by atoms with Gasteiger partial charge in [0.25, 0.3) is 0 Å². The van der Waals surface area contributed by atoms with Crippen molar-refractivity contribution in [1.82, 2.24) is 0 Å². The van der Waals surface area contributed by atoms with Gasteiger partial charge in [-0.2, -0.15) is 0 Å². The van der Waals surface area contributed by atoms with Gasteiger partial charge in [-0.25, -0.2) is 0 Å². The normalized spacial score (nSPS) is 51.4. The largest absolute Gasteiger partial charge is 0.347 e. The molecule has 27 heavy (non-hydrogen) atoms. The molecule has 4 aliphatic carbocycles. The summed E-state index contributed by atoms with van der Waals surface area (Å²) in [6.45, 7) is 13.3. The zero-order valence-corrected chi connectivity index (χ0v) is 17.6. The molecule has 0 amide bonds. The predicted molar refractivity (Wildman–Crippen MR) is 109 cm³/mol. The molecule has 0 N–H and O–H groups in total. The molecular formula is C25H38O2. The fourth-order valence-corrected chi connectivity index (χ4v) is 8.79. The number of ether oxygens (including phenoxy) is 2. The third-order valence-corrected chi connectivity index (χ3v) is 10.1. The zero-order chi connectivity index (χ0) is 18.9. The van der Waals surface area contributed by atoms with Crippen molar-refractivity contribution in [3.8, 4) is 0 Å². The number of rotatable bonds is 2. The molecule has 2 nitrogen and oxygen atoms in total. The summed E-state index contributed by atoms with van der Waals surface area (Å²) in [6, 6.07) is 0. The highest BCUT2D eigenvalue weighted by molar-refractivity contribution is 5.17. The van der Waals surface area contributed by atoms with Gasteiger partial charge in [-0.1, -0.05) is 39.0 Å². The lowest BCUT2D eigenvalue weighted by molar-refractivity contribution is -0.284. The van der Waals surface area contributed by atoms with E-state index in [-0.39, 0.29) is 5.79 Å². The van der Waals surface area contributed by atoms with E-state index in [1.54, 1.807) is 0 Å². The van der Waals surface area contributed by atoms with Crippen molar-refractivity contribution < 1.29 is 9.47 Å². The lowest BCUT2D eigenvalue weighted by Gasteiger charge is -2.63. The lowest BCUT2D eigenvalue weighted by atomic mass is 9.44. The smallest absolute Gasteiger partial charge is 0.172 e. The van der Waals surface area contributed by atoms with E-state index in [0.29, 0.717) is 22.7 Å². The van der Waals surface area contributed by atoms with Crippen LogP contribution in [0, 0.1) is 46.3 Å². The highest BCUT2D eigenvalue weighted by Gasteiger charge is 2.66. The minimum absolute atomic E-state index is 0.304. The van der Waals surface area contributed by atoms with Gasteiger partial charge in [-0.05, 0) is 78.9 Å². The fraction of sp³-hybridized carbons (Fsp3) is 0.840. The monoisotopic (exact) mass is 370 g/mol. The van der Waals surface area contributed by atoms with Crippen LogP contribution in [0.15, 0.2) is 24.8 Å². The zero-order valence-electron chi connectivity index (χ0n) is 17.6. The summed E-state index contributed by atoms with van der Waals surface area (Å²) in [4.78, 5) is 0. The molecule has 0 aromatic rings. The number of fused-ring (bicyclic) bond motifs is 6. The van der Waals surface area contributed by atoms with Gasteiger partial charge in [0.2, 0.25) is 0 Å². The summed E-state index contributed by atoms with van der Waals surface area (Å²) in [5, 5.41) is 0. The van der Waals surface area contributed by atoms with Gasteiger partial charge in [0.15, 0.2) is 5.79 Å². The van der Waals surface area contributed by atoms with Crippen LogP contribution in [0.4, 0.5) is 0 Å². The Hall–Kier alpha value is -0.600. The van der Waals surface area contributed by atoms with Crippen LogP contribution in [0.3, 0.4) is 0 Å². The molecule has 5 rings (SSSR count).